The van der Waals surface area contributed by atoms with Gasteiger partial charge in [-0.05, 0) is 24.1 Å². The third-order valence-corrected chi connectivity index (χ3v) is 6.01. The molecule has 2 heterocycles. The van der Waals surface area contributed by atoms with E-state index in [0.717, 1.165) is 22.6 Å². The van der Waals surface area contributed by atoms with E-state index in [2.05, 4.69) is 5.32 Å². The minimum absolute atomic E-state index is 0.280. The predicted octanol–water partition coefficient (Wildman–Crippen LogP) is 2.28. The van der Waals surface area contributed by atoms with Crippen molar-refractivity contribution in [3.63, 3.8) is 0 Å². The second-order valence-electron chi connectivity index (χ2n) is 8.14. The van der Waals surface area contributed by atoms with Gasteiger partial charge in [0.25, 0.3) is 17.7 Å². The molecule has 1 saturated heterocycles. The van der Waals surface area contributed by atoms with Gasteiger partial charge in [0.15, 0.2) is 0 Å². The molecule has 2 atom stereocenters. The quantitative estimate of drug-likeness (QED) is 0.489. The molecule has 1 fully saturated rings. The largest absolute Gasteiger partial charge is 0.389 e. The average molecular weight is 435 g/mol. The van der Waals surface area contributed by atoms with Crippen LogP contribution in [0.3, 0.4) is 0 Å². The molecule has 2 aliphatic rings. The van der Waals surface area contributed by atoms with Crippen molar-refractivity contribution in [2.24, 2.45) is 0 Å². The molecule has 8 heteroatoms. The second kappa shape index (κ2) is 8.55. The summed E-state index contributed by atoms with van der Waals surface area (Å²) in [5.74, 6) is -1.43. The maximum absolute atomic E-state index is 13.4. The molecule has 0 radical (unpaired) electrons. The van der Waals surface area contributed by atoms with Crippen LogP contribution >= 0.6 is 0 Å². The maximum atomic E-state index is 13.4. The molecule has 2 unspecified atom stereocenters. The van der Waals surface area contributed by atoms with Gasteiger partial charge < -0.3 is 10.4 Å². The smallest absolute Gasteiger partial charge is 0.325 e. The minimum atomic E-state index is -1.27. The Morgan fingerprint density at radius 3 is 2.03 bits per heavy atom. The molecular weight excluding hydrogens is 410 g/mol. The van der Waals surface area contributed by atoms with Crippen LogP contribution in [0, 0.1) is 0 Å². The van der Waals surface area contributed by atoms with Gasteiger partial charge in [-0.2, -0.15) is 0 Å². The normalized spacial score (nSPS) is 21.2. The van der Waals surface area contributed by atoms with Crippen LogP contribution in [0.15, 0.2) is 54.6 Å². The van der Waals surface area contributed by atoms with Crippen molar-refractivity contribution in [3.8, 4) is 0 Å². The van der Waals surface area contributed by atoms with Gasteiger partial charge in [-0.3, -0.25) is 24.2 Å². The highest BCUT2D eigenvalue weighted by Gasteiger charge is 2.52. The number of nitrogens with zero attached hydrogens (tertiary/aromatic N) is 2. The van der Waals surface area contributed by atoms with Gasteiger partial charge in [-0.25, -0.2) is 4.79 Å². The lowest BCUT2D eigenvalue weighted by atomic mass is 9.85. The number of fused-ring (bicyclic) bond motifs is 1. The van der Waals surface area contributed by atoms with Crippen molar-refractivity contribution in [2.45, 2.75) is 37.8 Å². The fourth-order valence-electron chi connectivity index (χ4n) is 4.35. The van der Waals surface area contributed by atoms with Crippen molar-refractivity contribution in [1.29, 1.82) is 0 Å². The summed E-state index contributed by atoms with van der Waals surface area (Å²) in [6, 6.07) is 14.9. The van der Waals surface area contributed by atoms with E-state index in [1.807, 2.05) is 25.1 Å². The lowest BCUT2D eigenvalue weighted by molar-refractivity contribution is -0.133. The van der Waals surface area contributed by atoms with Crippen LogP contribution in [0.5, 0.6) is 0 Å². The molecule has 4 rings (SSSR count). The minimum Gasteiger partial charge on any atom is -0.389 e. The van der Waals surface area contributed by atoms with Crippen LogP contribution < -0.4 is 5.32 Å². The fraction of sp³-hybridized carbons (Fsp3) is 0.333. The van der Waals surface area contributed by atoms with E-state index < -0.39 is 35.4 Å². The first kappa shape index (κ1) is 21.7. The number of aliphatic hydroxyl groups excluding tert-OH is 1. The third kappa shape index (κ3) is 3.56. The van der Waals surface area contributed by atoms with Crippen LogP contribution in [0.1, 0.15) is 52.5 Å². The molecule has 0 saturated carbocycles. The Balaban J connectivity index is 1.51. The summed E-state index contributed by atoms with van der Waals surface area (Å²) in [5.41, 5.74) is 0.0534. The van der Waals surface area contributed by atoms with Crippen molar-refractivity contribution >= 4 is 23.8 Å². The molecule has 8 nitrogen and oxygen atoms in total. The van der Waals surface area contributed by atoms with E-state index in [1.165, 1.54) is 0 Å². The summed E-state index contributed by atoms with van der Waals surface area (Å²) in [6.07, 6.45) is 0.736. The molecule has 32 heavy (non-hydrogen) atoms. The van der Waals surface area contributed by atoms with E-state index >= 15 is 0 Å². The molecule has 2 aliphatic heterocycles. The molecule has 2 aromatic rings. The Kier molecular flexibility index (Phi) is 5.80. The monoisotopic (exact) mass is 435 g/mol. The summed E-state index contributed by atoms with van der Waals surface area (Å²) in [7, 11) is 0. The first-order chi connectivity index (χ1) is 15.4. The van der Waals surface area contributed by atoms with Crippen molar-refractivity contribution in [3.05, 3.63) is 71.3 Å². The molecule has 166 valence electrons. The van der Waals surface area contributed by atoms with Gasteiger partial charge >= 0.3 is 6.03 Å². The zero-order chi connectivity index (χ0) is 22.9. The van der Waals surface area contributed by atoms with Crippen molar-refractivity contribution in [1.82, 2.24) is 15.1 Å². The summed E-state index contributed by atoms with van der Waals surface area (Å²) < 4.78 is 0. The number of rotatable bonds is 8. The predicted molar refractivity (Wildman–Crippen MR) is 116 cm³/mol. The SMILES string of the molecule is CCCCC1(c2ccccc2)NC(=O)N(CC(O)CN2C(=O)c3ccccc3C2=O)C1=O. The zero-order valence-corrected chi connectivity index (χ0v) is 17.8. The van der Waals surface area contributed by atoms with Gasteiger partial charge in [0, 0.05) is 0 Å². The number of imide groups is 2. The molecule has 0 aromatic heterocycles. The number of β-amino-alcohol motifs (C(OH)–C–C–N with tert-alkyl or cyclic N) is 1. The molecule has 5 amide bonds. The second-order valence-corrected chi connectivity index (χ2v) is 8.14. The van der Waals surface area contributed by atoms with E-state index in [9.17, 15) is 24.3 Å². The number of urea groups is 1. The summed E-state index contributed by atoms with van der Waals surface area (Å²) >= 11 is 0. The third-order valence-electron chi connectivity index (χ3n) is 6.01. The van der Waals surface area contributed by atoms with Crippen molar-refractivity contribution < 1.29 is 24.3 Å². The number of hydrogen-bond acceptors (Lipinski definition) is 5. The summed E-state index contributed by atoms with van der Waals surface area (Å²) in [6.45, 7) is 1.37. The van der Waals surface area contributed by atoms with Gasteiger partial charge in [-0.1, -0.05) is 62.2 Å². The fourth-order valence-corrected chi connectivity index (χ4v) is 4.35. The summed E-state index contributed by atoms with van der Waals surface area (Å²) in [4.78, 5) is 53.2. The number of amides is 5. The lowest BCUT2D eigenvalue weighted by Crippen LogP contribution is -2.46. The number of unbranched alkanes of at least 4 members (excludes halogenated alkanes) is 1. The number of nitrogens with one attached hydrogen (secondary N) is 1. The number of hydrogen-bond donors (Lipinski definition) is 2. The van der Waals surface area contributed by atoms with Gasteiger partial charge in [-0.15, -0.1) is 0 Å². The molecule has 0 spiro atoms. The van der Waals surface area contributed by atoms with Crippen molar-refractivity contribution in [2.75, 3.05) is 13.1 Å². The first-order valence-corrected chi connectivity index (χ1v) is 10.7. The highest BCUT2D eigenvalue weighted by Crippen LogP contribution is 2.34. The van der Waals surface area contributed by atoms with Crippen LogP contribution in [-0.2, 0) is 10.3 Å². The lowest BCUT2D eigenvalue weighted by Gasteiger charge is -2.28. The molecule has 2 N–H and O–H groups in total. The average Bonchev–Trinajstić information content (AvgIpc) is 3.19. The number of carbonyl (C=O) groups excluding carboxylic acids is 4. The summed E-state index contributed by atoms with van der Waals surface area (Å²) in [5, 5.41) is 13.4. The zero-order valence-electron chi connectivity index (χ0n) is 17.8. The van der Waals surface area contributed by atoms with Crippen LogP contribution in [0.4, 0.5) is 4.79 Å². The van der Waals surface area contributed by atoms with Gasteiger partial charge in [0.2, 0.25) is 0 Å². The van der Waals surface area contributed by atoms with Gasteiger partial charge in [0.1, 0.15) is 5.54 Å². The molecule has 0 aliphatic carbocycles. The van der Waals surface area contributed by atoms with E-state index in [0.29, 0.717) is 12.0 Å². The van der Waals surface area contributed by atoms with E-state index in [-0.39, 0.29) is 24.2 Å². The highest BCUT2D eigenvalue weighted by molar-refractivity contribution is 6.21. The van der Waals surface area contributed by atoms with Gasteiger partial charge in [0.05, 0.1) is 30.3 Å². The highest BCUT2D eigenvalue weighted by atomic mass is 16.3. The Hall–Kier alpha value is -3.52. The number of aliphatic hydroxyl groups is 1. The van der Waals surface area contributed by atoms with E-state index in [1.54, 1.807) is 36.4 Å². The number of carbonyl (C=O) groups is 4. The maximum Gasteiger partial charge on any atom is 0.325 e. The molecule has 0 bridgehead atoms. The Morgan fingerprint density at radius 2 is 1.44 bits per heavy atom. The Bertz CT molecular complexity index is 1040. The van der Waals surface area contributed by atoms with Crippen LogP contribution in [-0.4, -0.2) is 57.9 Å². The molecule has 2 aromatic carbocycles. The Morgan fingerprint density at radius 1 is 0.875 bits per heavy atom. The number of benzene rings is 2. The van der Waals surface area contributed by atoms with Crippen LogP contribution in [0.25, 0.3) is 0 Å². The topological polar surface area (TPSA) is 107 Å². The molecular formula is C24H25N3O5. The standard InChI is InChI=1S/C24H25N3O5/c1-2-3-13-24(16-9-5-4-6-10-16)22(31)27(23(32)25-24)15-17(28)14-26-20(29)18-11-7-8-12-19(18)21(26)30/h4-12,17,28H,2-3,13-15H2,1H3,(H,25,32). The van der Waals surface area contributed by atoms with E-state index in [4.69, 9.17) is 0 Å². The Labute approximate surface area is 185 Å². The first-order valence-electron chi connectivity index (χ1n) is 10.7. The van der Waals surface area contributed by atoms with Crippen LogP contribution in [0.2, 0.25) is 0 Å².